The summed E-state index contributed by atoms with van der Waals surface area (Å²) in [4.78, 5) is 11.4. The zero-order chi connectivity index (χ0) is 11.8. The molecule has 1 aliphatic heterocycles. The Labute approximate surface area is 95.0 Å². The highest BCUT2D eigenvalue weighted by molar-refractivity contribution is 5.80. The Hall–Kier alpha value is -1.35. The third-order valence-electron chi connectivity index (χ3n) is 3.34. The van der Waals surface area contributed by atoms with Crippen LogP contribution in [0.4, 0.5) is 0 Å². The summed E-state index contributed by atoms with van der Waals surface area (Å²) in [7, 11) is 0. The zero-order valence-corrected chi connectivity index (χ0v) is 9.62. The molecule has 1 fully saturated rings. The van der Waals surface area contributed by atoms with Gasteiger partial charge in [-0.25, -0.2) is 4.79 Å². The van der Waals surface area contributed by atoms with Gasteiger partial charge in [-0.05, 0) is 43.4 Å². The van der Waals surface area contributed by atoms with Crippen molar-refractivity contribution < 1.29 is 14.6 Å². The van der Waals surface area contributed by atoms with Gasteiger partial charge in [0.05, 0.1) is 0 Å². The van der Waals surface area contributed by atoms with Crippen molar-refractivity contribution in [3.63, 3.8) is 0 Å². The molecule has 0 aliphatic carbocycles. The average molecular weight is 220 g/mol. The Morgan fingerprint density at radius 3 is 2.62 bits per heavy atom. The monoisotopic (exact) mass is 220 g/mol. The predicted octanol–water partition coefficient (Wildman–Crippen LogP) is 2.39. The maximum Gasteiger partial charge on any atom is 0.340 e. The summed E-state index contributed by atoms with van der Waals surface area (Å²) in [5.41, 5.74) is 1.93. The Morgan fingerprint density at radius 2 is 2.12 bits per heavy atom. The van der Waals surface area contributed by atoms with Crippen LogP contribution in [0.3, 0.4) is 0 Å². The van der Waals surface area contributed by atoms with Crippen LogP contribution in [-0.4, -0.2) is 17.7 Å². The van der Waals surface area contributed by atoms with Crippen LogP contribution >= 0.6 is 0 Å². The maximum atomic E-state index is 11.4. The fourth-order valence-corrected chi connectivity index (χ4v) is 2.15. The first-order valence-electron chi connectivity index (χ1n) is 5.51. The van der Waals surface area contributed by atoms with E-state index in [1.807, 2.05) is 32.0 Å². The van der Waals surface area contributed by atoms with Gasteiger partial charge in [0.25, 0.3) is 0 Å². The highest BCUT2D eigenvalue weighted by Crippen LogP contribution is 2.37. The van der Waals surface area contributed by atoms with Gasteiger partial charge in [0.15, 0.2) is 5.60 Å². The molecule has 0 amide bonds. The van der Waals surface area contributed by atoms with Crippen LogP contribution in [-0.2, 0) is 15.1 Å². The molecule has 1 aromatic rings. The van der Waals surface area contributed by atoms with E-state index in [-0.39, 0.29) is 0 Å². The second-order valence-corrected chi connectivity index (χ2v) is 4.38. The normalized spacial score (nSPS) is 24.6. The molecule has 0 spiro atoms. The van der Waals surface area contributed by atoms with Gasteiger partial charge >= 0.3 is 5.97 Å². The molecule has 0 saturated carbocycles. The number of carboxylic acids is 1. The molecule has 1 N–H and O–H groups in total. The van der Waals surface area contributed by atoms with Gasteiger partial charge in [-0.2, -0.15) is 0 Å². The molecule has 0 radical (unpaired) electrons. The molecule has 3 heteroatoms. The van der Waals surface area contributed by atoms with Crippen molar-refractivity contribution in [3.05, 3.63) is 34.9 Å². The van der Waals surface area contributed by atoms with Crippen LogP contribution in [0, 0.1) is 13.8 Å². The largest absolute Gasteiger partial charge is 0.479 e. The first-order chi connectivity index (χ1) is 7.56. The molecular weight excluding hydrogens is 204 g/mol. The molecule has 1 unspecified atom stereocenters. The van der Waals surface area contributed by atoms with Crippen molar-refractivity contribution in [2.75, 3.05) is 6.61 Å². The number of ether oxygens (including phenoxy) is 1. The lowest BCUT2D eigenvalue weighted by Crippen LogP contribution is -2.34. The lowest BCUT2D eigenvalue weighted by molar-refractivity contribution is -0.161. The quantitative estimate of drug-likeness (QED) is 0.832. The van der Waals surface area contributed by atoms with Crippen LogP contribution in [0.15, 0.2) is 18.2 Å². The number of hydrogen-bond acceptors (Lipinski definition) is 2. The fourth-order valence-electron chi connectivity index (χ4n) is 2.15. The van der Waals surface area contributed by atoms with E-state index >= 15 is 0 Å². The van der Waals surface area contributed by atoms with E-state index in [0.717, 1.165) is 17.5 Å². The van der Waals surface area contributed by atoms with Gasteiger partial charge < -0.3 is 9.84 Å². The number of aliphatic carboxylic acids is 1. The van der Waals surface area contributed by atoms with E-state index in [1.165, 1.54) is 5.56 Å². The topological polar surface area (TPSA) is 46.5 Å². The number of carboxylic acid groups (broad SMARTS) is 1. The Morgan fingerprint density at radius 1 is 1.38 bits per heavy atom. The van der Waals surface area contributed by atoms with Crippen molar-refractivity contribution in [3.8, 4) is 0 Å². The molecule has 1 aliphatic rings. The van der Waals surface area contributed by atoms with Crippen molar-refractivity contribution >= 4 is 5.97 Å². The minimum absolute atomic E-state index is 0.527. The molecule has 0 bridgehead atoms. The number of rotatable bonds is 2. The van der Waals surface area contributed by atoms with E-state index < -0.39 is 11.6 Å². The van der Waals surface area contributed by atoms with Gasteiger partial charge in [0.2, 0.25) is 0 Å². The molecule has 86 valence electrons. The first kappa shape index (κ1) is 11.1. The summed E-state index contributed by atoms with van der Waals surface area (Å²) in [6.45, 7) is 4.53. The van der Waals surface area contributed by atoms with Crippen LogP contribution in [0.2, 0.25) is 0 Å². The van der Waals surface area contributed by atoms with Gasteiger partial charge in [-0.15, -0.1) is 0 Å². The van der Waals surface area contributed by atoms with Crippen LogP contribution < -0.4 is 0 Å². The number of carbonyl (C=O) groups is 1. The van der Waals surface area contributed by atoms with Crippen molar-refractivity contribution in [1.82, 2.24) is 0 Å². The van der Waals surface area contributed by atoms with E-state index in [9.17, 15) is 9.90 Å². The third-order valence-corrected chi connectivity index (χ3v) is 3.34. The Kier molecular flexibility index (Phi) is 2.72. The van der Waals surface area contributed by atoms with Gasteiger partial charge in [0.1, 0.15) is 0 Å². The number of benzene rings is 1. The summed E-state index contributed by atoms with van der Waals surface area (Å²) < 4.78 is 5.48. The molecular formula is C13H16O3. The molecule has 16 heavy (non-hydrogen) atoms. The lowest BCUT2D eigenvalue weighted by Gasteiger charge is -2.24. The van der Waals surface area contributed by atoms with E-state index in [4.69, 9.17) is 4.74 Å². The standard InChI is InChI=1S/C13H16O3/c1-9-4-5-11(8-10(9)2)13(12(14)15)6-3-7-16-13/h4-5,8H,3,6-7H2,1-2H3,(H,14,15). The summed E-state index contributed by atoms with van der Waals surface area (Å²) in [6.07, 6.45) is 1.37. The molecule has 1 heterocycles. The summed E-state index contributed by atoms with van der Waals surface area (Å²) in [5.74, 6) is -0.881. The number of hydrogen-bond donors (Lipinski definition) is 1. The highest BCUT2D eigenvalue weighted by atomic mass is 16.5. The summed E-state index contributed by atoms with van der Waals surface area (Å²) in [6, 6.07) is 5.74. The smallest absolute Gasteiger partial charge is 0.340 e. The minimum Gasteiger partial charge on any atom is -0.479 e. The predicted molar refractivity (Wildman–Crippen MR) is 60.4 cm³/mol. The van der Waals surface area contributed by atoms with Crippen LogP contribution in [0.5, 0.6) is 0 Å². The first-order valence-corrected chi connectivity index (χ1v) is 5.51. The Bertz CT molecular complexity index is 417. The second kappa shape index (κ2) is 3.91. The average Bonchev–Trinajstić information content (AvgIpc) is 2.72. The van der Waals surface area contributed by atoms with E-state index in [2.05, 4.69) is 0 Å². The van der Waals surface area contributed by atoms with E-state index in [1.54, 1.807) is 0 Å². The second-order valence-electron chi connectivity index (χ2n) is 4.38. The number of aryl methyl sites for hydroxylation is 2. The molecule has 1 aromatic carbocycles. The zero-order valence-electron chi connectivity index (χ0n) is 9.62. The van der Waals surface area contributed by atoms with Crippen molar-refractivity contribution in [2.45, 2.75) is 32.3 Å². The van der Waals surface area contributed by atoms with Gasteiger partial charge in [-0.3, -0.25) is 0 Å². The van der Waals surface area contributed by atoms with Crippen molar-refractivity contribution in [2.24, 2.45) is 0 Å². The summed E-state index contributed by atoms with van der Waals surface area (Å²) in [5, 5.41) is 9.35. The molecule has 1 saturated heterocycles. The minimum atomic E-state index is -1.11. The van der Waals surface area contributed by atoms with Gasteiger partial charge in [0, 0.05) is 6.61 Å². The molecule has 2 rings (SSSR count). The summed E-state index contributed by atoms with van der Waals surface area (Å²) >= 11 is 0. The molecule has 0 aromatic heterocycles. The maximum absolute atomic E-state index is 11.4. The lowest BCUT2D eigenvalue weighted by atomic mass is 9.89. The SMILES string of the molecule is Cc1ccc(C2(C(=O)O)CCCO2)cc1C. The third kappa shape index (κ3) is 1.61. The molecule has 3 nitrogen and oxygen atoms in total. The molecule has 1 atom stereocenters. The van der Waals surface area contributed by atoms with Crippen molar-refractivity contribution in [1.29, 1.82) is 0 Å². The fraction of sp³-hybridized carbons (Fsp3) is 0.462. The van der Waals surface area contributed by atoms with E-state index in [0.29, 0.717) is 13.0 Å². The van der Waals surface area contributed by atoms with Crippen LogP contribution in [0.1, 0.15) is 29.5 Å². The van der Waals surface area contributed by atoms with Gasteiger partial charge in [-0.1, -0.05) is 18.2 Å². The highest BCUT2D eigenvalue weighted by Gasteiger charge is 2.44. The van der Waals surface area contributed by atoms with Crippen LogP contribution in [0.25, 0.3) is 0 Å². The Balaban J connectivity index is 2.47.